The third-order valence-electron chi connectivity index (χ3n) is 2.27. The molecule has 0 bridgehead atoms. The molecule has 0 aliphatic carbocycles. The standard InChI is InChI=1S/C15H18O2/c1-3-4-5-9-12-15(17-13(2)16)14-10-7-6-8-11-14/h3-11,15H,12H2,1-2H3/b4-3-,9-5-. The van der Waals surface area contributed by atoms with Gasteiger partial charge in [0.2, 0.25) is 0 Å². The van der Waals surface area contributed by atoms with Gasteiger partial charge in [-0.3, -0.25) is 4.79 Å². The number of carbonyl (C=O) groups excluding carboxylic acids is 1. The second kappa shape index (κ2) is 7.44. The summed E-state index contributed by atoms with van der Waals surface area (Å²) in [5.41, 5.74) is 1.02. The summed E-state index contributed by atoms with van der Waals surface area (Å²) in [5, 5.41) is 0. The lowest BCUT2D eigenvalue weighted by Gasteiger charge is -2.15. The Labute approximate surface area is 103 Å². The molecule has 1 unspecified atom stereocenters. The van der Waals surface area contributed by atoms with Crippen LogP contribution in [0.25, 0.3) is 0 Å². The molecule has 0 radical (unpaired) electrons. The van der Waals surface area contributed by atoms with E-state index >= 15 is 0 Å². The van der Waals surface area contributed by atoms with Crippen molar-refractivity contribution >= 4 is 5.97 Å². The number of allylic oxidation sites excluding steroid dienone is 3. The molecule has 0 saturated heterocycles. The van der Waals surface area contributed by atoms with Crippen LogP contribution in [0.1, 0.15) is 31.9 Å². The number of esters is 1. The SMILES string of the molecule is C/C=C\C=C/CC(OC(C)=O)c1ccccc1. The lowest BCUT2D eigenvalue weighted by atomic mass is 10.1. The Kier molecular flexibility index (Phi) is 5.80. The zero-order valence-electron chi connectivity index (χ0n) is 10.3. The molecule has 1 atom stereocenters. The summed E-state index contributed by atoms with van der Waals surface area (Å²) in [6.45, 7) is 3.40. The maximum absolute atomic E-state index is 11.1. The van der Waals surface area contributed by atoms with E-state index in [0.717, 1.165) is 5.56 Å². The average molecular weight is 230 g/mol. The number of hydrogen-bond acceptors (Lipinski definition) is 2. The number of carbonyl (C=O) groups is 1. The zero-order chi connectivity index (χ0) is 12.5. The number of hydrogen-bond donors (Lipinski definition) is 0. The molecule has 0 heterocycles. The summed E-state index contributed by atoms with van der Waals surface area (Å²) in [4.78, 5) is 11.1. The largest absolute Gasteiger partial charge is 0.457 e. The van der Waals surface area contributed by atoms with Gasteiger partial charge in [-0.25, -0.2) is 0 Å². The van der Waals surface area contributed by atoms with Gasteiger partial charge >= 0.3 is 5.97 Å². The van der Waals surface area contributed by atoms with Gasteiger partial charge in [0.25, 0.3) is 0 Å². The highest BCUT2D eigenvalue weighted by Gasteiger charge is 2.12. The molecular weight excluding hydrogens is 212 g/mol. The lowest BCUT2D eigenvalue weighted by molar-refractivity contribution is -0.146. The van der Waals surface area contributed by atoms with Crippen LogP contribution in [0, 0.1) is 0 Å². The van der Waals surface area contributed by atoms with Gasteiger partial charge < -0.3 is 4.74 Å². The van der Waals surface area contributed by atoms with Crippen molar-refractivity contribution in [2.75, 3.05) is 0 Å². The molecule has 0 spiro atoms. The zero-order valence-corrected chi connectivity index (χ0v) is 10.3. The van der Waals surface area contributed by atoms with E-state index in [1.807, 2.05) is 61.6 Å². The van der Waals surface area contributed by atoms with E-state index in [0.29, 0.717) is 6.42 Å². The second-order valence-electron chi connectivity index (χ2n) is 3.70. The summed E-state index contributed by atoms with van der Waals surface area (Å²) in [5.74, 6) is -0.252. The topological polar surface area (TPSA) is 26.3 Å². The molecule has 90 valence electrons. The van der Waals surface area contributed by atoms with Crippen LogP contribution >= 0.6 is 0 Å². The molecule has 0 N–H and O–H groups in total. The van der Waals surface area contributed by atoms with Gasteiger partial charge in [0.1, 0.15) is 6.10 Å². The lowest BCUT2D eigenvalue weighted by Crippen LogP contribution is -2.07. The Hall–Kier alpha value is -1.83. The molecule has 1 rings (SSSR count). The van der Waals surface area contributed by atoms with E-state index in [-0.39, 0.29) is 12.1 Å². The van der Waals surface area contributed by atoms with Crippen LogP contribution < -0.4 is 0 Å². The van der Waals surface area contributed by atoms with Crippen molar-refractivity contribution in [2.45, 2.75) is 26.4 Å². The fraction of sp³-hybridized carbons (Fsp3) is 0.267. The molecule has 0 amide bonds. The molecule has 2 nitrogen and oxygen atoms in total. The van der Waals surface area contributed by atoms with Gasteiger partial charge in [-0.1, -0.05) is 54.6 Å². The van der Waals surface area contributed by atoms with E-state index in [9.17, 15) is 4.79 Å². The first-order valence-corrected chi connectivity index (χ1v) is 5.74. The molecule has 17 heavy (non-hydrogen) atoms. The van der Waals surface area contributed by atoms with Crippen LogP contribution in [0.15, 0.2) is 54.6 Å². The number of benzene rings is 1. The van der Waals surface area contributed by atoms with Crippen molar-refractivity contribution in [1.82, 2.24) is 0 Å². The predicted molar refractivity (Wildman–Crippen MR) is 69.5 cm³/mol. The number of rotatable bonds is 5. The molecule has 2 heteroatoms. The van der Waals surface area contributed by atoms with Crippen LogP contribution in [-0.4, -0.2) is 5.97 Å². The highest BCUT2D eigenvalue weighted by atomic mass is 16.5. The normalized spacial score (nSPS) is 13.1. The minimum atomic E-state index is -0.252. The van der Waals surface area contributed by atoms with E-state index in [1.165, 1.54) is 6.92 Å². The third-order valence-corrected chi connectivity index (χ3v) is 2.27. The van der Waals surface area contributed by atoms with Crippen LogP contribution in [0.5, 0.6) is 0 Å². The molecule has 1 aromatic rings. The van der Waals surface area contributed by atoms with Crippen molar-refractivity contribution in [3.05, 3.63) is 60.2 Å². The Morgan fingerprint density at radius 3 is 2.59 bits per heavy atom. The van der Waals surface area contributed by atoms with Crippen molar-refractivity contribution in [3.63, 3.8) is 0 Å². The van der Waals surface area contributed by atoms with Crippen LogP contribution in [0.2, 0.25) is 0 Å². The quantitative estimate of drug-likeness (QED) is 0.568. The summed E-state index contributed by atoms with van der Waals surface area (Å²) in [6, 6.07) is 9.78. The maximum atomic E-state index is 11.1. The fourth-order valence-corrected chi connectivity index (χ4v) is 1.51. The van der Waals surface area contributed by atoms with Gasteiger partial charge in [-0.2, -0.15) is 0 Å². The van der Waals surface area contributed by atoms with Crippen LogP contribution in [-0.2, 0) is 9.53 Å². The second-order valence-corrected chi connectivity index (χ2v) is 3.70. The monoisotopic (exact) mass is 230 g/mol. The van der Waals surface area contributed by atoms with E-state index in [1.54, 1.807) is 0 Å². The first-order chi connectivity index (χ1) is 8.24. The maximum Gasteiger partial charge on any atom is 0.303 e. The molecule has 1 aromatic carbocycles. The van der Waals surface area contributed by atoms with Crippen molar-refractivity contribution < 1.29 is 9.53 Å². The van der Waals surface area contributed by atoms with E-state index in [2.05, 4.69) is 0 Å². The first-order valence-electron chi connectivity index (χ1n) is 5.74. The van der Waals surface area contributed by atoms with E-state index < -0.39 is 0 Å². The van der Waals surface area contributed by atoms with Gasteiger partial charge in [0, 0.05) is 13.3 Å². The van der Waals surface area contributed by atoms with Crippen molar-refractivity contribution in [1.29, 1.82) is 0 Å². The fourth-order valence-electron chi connectivity index (χ4n) is 1.51. The smallest absolute Gasteiger partial charge is 0.303 e. The molecule has 0 saturated carbocycles. The highest BCUT2D eigenvalue weighted by molar-refractivity contribution is 5.66. The van der Waals surface area contributed by atoms with Crippen molar-refractivity contribution in [3.8, 4) is 0 Å². The van der Waals surface area contributed by atoms with Crippen LogP contribution in [0.4, 0.5) is 0 Å². The molecule has 0 aliphatic rings. The summed E-state index contributed by atoms with van der Waals surface area (Å²) in [7, 11) is 0. The van der Waals surface area contributed by atoms with Crippen LogP contribution in [0.3, 0.4) is 0 Å². The minimum Gasteiger partial charge on any atom is -0.457 e. The van der Waals surface area contributed by atoms with Gasteiger partial charge in [0.05, 0.1) is 0 Å². The van der Waals surface area contributed by atoms with Gasteiger partial charge in [-0.05, 0) is 12.5 Å². The predicted octanol–water partition coefficient (Wildman–Crippen LogP) is 3.81. The molecule has 0 aromatic heterocycles. The Bertz CT molecular complexity index is 391. The highest BCUT2D eigenvalue weighted by Crippen LogP contribution is 2.21. The first kappa shape index (κ1) is 13.2. The summed E-state index contributed by atoms with van der Waals surface area (Å²) >= 11 is 0. The Balaban J connectivity index is 2.70. The van der Waals surface area contributed by atoms with Crippen molar-refractivity contribution in [2.24, 2.45) is 0 Å². The molecular formula is C15H18O2. The van der Waals surface area contributed by atoms with Gasteiger partial charge in [-0.15, -0.1) is 0 Å². The number of ether oxygens (including phenoxy) is 1. The molecule has 0 aliphatic heterocycles. The third kappa shape index (κ3) is 5.16. The van der Waals surface area contributed by atoms with Gasteiger partial charge in [0.15, 0.2) is 0 Å². The average Bonchev–Trinajstić information content (AvgIpc) is 2.34. The summed E-state index contributed by atoms with van der Waals surface area (Å²) in [6.07, 6.45) is 8.36. The summed E-state index contributed by atoms with van der Waals surface area (Å²) < 4.78 is 5.30. The Morgan fingerprint density at radius 2 is 2.00 bits per heavy atom. The molecule has 0 fully saturated rings. The van der Waals surface area contributed by atoms with E-state index in [4.69, 9.17) is 4.74 Å². The Morgan fingerprint density at radius 1 is 1.29 bits per heavy atom. The minimum absolute atomic E-state index is 0.199.